The van der Waals surface area contributed by atoms with Crippen molar-refractivity contribution in [3.63, 3.8) is 0 Å². The molecule has 0 aliphatic carbocycles. The van der Waals surface area contributed by atoms with Crippen LogP contribution in [0.3, 0.4) is 0 Å². The van der Waals surface area contributed by atoms with Gasteiger partial charge in [-0.05, 0) is 48.9 Å². The Bertz CT molecular complexity index is 1050. The van der Waals surface area contributed by atoms with Gasteiger partial charge in [-0.15, -0.1) is 0 Å². The van der Waals surface area contributed by atoms with E-state index in [-0.39, 0.29) is 5.56 Å². The van der Waals surface area contributed by atoms with Crippen LogP contribution in [0.2, 0.25) is 0 Å². The quantitative estimate of drug-likeness (QED) is 0.508. The minimum atomic E-state index is -0.0503. The van der Waals surface area contributed by atoms with E-state index in [4.69, 9.17) is 14.2 Å². The summed E-state index contributed by atoms with van der Waals surface area (Å²) in [5.74, 6) is 2.11. The number of rotatable bonds is 10. The molecule has 1 aromatic heterocycles. The second-order valence-electron chi connectivity index (χ2n) is 7.27. The summed E-state index contributed by atoms with van der Waals surface area (Å²) in [5.41, 5.74) is 1.15. The average molecular weight is 411 g/mol. The minimum Gasteiger partial charge on any atom is -0.497 e. The van der Waals surface area contributed by atoms with Crippen molar-refractivity contribution in [2.75, 3.05) is 33.9 Å². The number of fused-ring (bicyclic) bond motifs is 1. The monoisotopic (exact) mass is 410 g/mol. The Kier molecular flexibility index (Phi) is 7.36. The number of aromatic nitrogens is 1. The summed E-state index contributed by atoms with van der Waals surface area (Å²) in [4.78, 5) is 14.8. The number of nitrogens with zero attached hydrogens (tertiary/aromatic N) is 2. The summed E-state index contributed by atoms with van der Waals surface area (Å²) in [7, 11) is 5.04. The van der Waals surface area contributed by atoms with E-state index in [1.807, 2.05) is 18.2 Å². The fourth-order valence-corrected chi connectivity index (χ4v) is 3.58. The molecule has 0 saturated carbocycles. The zero-order chi connectivity index (χ0) is 21.5. The lowest BCUT2D eigenvalue weighted by atomic mass is 10.1. The van der Waals surface area contributed by atoms with Gasteiger partial charge in [0.1, 0.15) is 12.4 Å². The van der Waals surface area contributed by atoms with Gasteiger partial charge in [-0.3, -0.25) is 9.69 Å². The van der Waals surface area contributed by atoms with Crippen LogP contribution in [-0.4, -0.2) is 43.4 Å². The van der Waals surface area contributed by atoms with Crippen LogP contribution in [0.1, 0.15) is 18.9 Å². The van der Waals surface area contributed by atoms with Gasteiger partial charge in [0.2, 0.25) is 0 Å². The van der Waals surface area contributed by atoms with Gasteiger partial charge in [-0.1, -0.05) is 19.1 Å². The predicted octanol–water partition coefficient (Wildman–Crippen LogP) is 3.85. The van der Waals surface area contributed by atoms with Crippen molar-refractivity contribution in [3.05, 3.63) is 64.6 Å². The van der Waals surface area contributed by atoms with Gasteiger partial charge in [0.05, 0.1) is 19.6 Å². The summed E-state index contributed by atoms with van der Waals surface area (Å²) in [6.07, 6.45) is 2.81. The number of benzene rings is 2. The molecule has 0 fully saturated rings. The van der Waals surface area contributed by atoms with Gasteiger partial charge in [0.25, 0.3) is 5.56 Å². The summed E-state index contributed by atoms with van der Waals surface area (Å²) < 4.78 is 18.5. The first-order valence-corrected chi connectivity index (χ1v) is 10.2. The van der Waals surface area contributed by atoms with Gasteiger partial charge >= 0.3 is 0 Å². The van der Waals surface area contributed by atoms with Crippen LogP contribution in [0.4, 0.5) is 0 Å². The molecule has 0 saturated heterocycles. The van der Waals surface area contributed by atoms with Gasteiger partial charge in [-0.25, -0.2) is 0 Å². The highest BCUT2D eigenvalue weighted by molar-refractivity contribution is 5.90. The maximum atomic E-state index is 12.5. The third-order valence-corrected chi connectivity index (χ3v) is 5.13. The number of hydrogen-bond donors (Lipinski definition) is 0. The topological polar surface area (TPSA) is 52.9 Å². The van der Waals surface area contributed by atoms with Crippen LogP contribution in [0.5, 0.6) is 17.2 Å². The number of methoxy groups -OCH3 is 2. The molecule has 0 radical (unpaired) electrons. The van der Waals surface area contributed by atoms with Crippen molar-refractivity contribution in [3.8, 4) is 17.2 Å². The lowest BCUT2D eigenvalue weighted by Gasteiger charge is -2.23. The molecule has 3 rings (SSSR count). The lowest BCUT2D eigenvalue weighted by molar-refractivity contribution is 0.200. The second-order valence-corrected chi connectivity index (χ2v) is 7.27. The molecule has 0 aliphatic rings. The molecule has 160 valence electrons. The van der Waals surface area contributed by atoms with Crippen LogP contribution in [-0.2, 0) is 13.6 Å². The first-order valence-electron chi connectivity index (χ1n) is 10.2. The maximum Gasteiger partial charge on any atom is 0.258 e. The standard InChI is InChI=1S/C24H30N2O4/c1-5-12-26(17-18-7-6-8-19(16-18)28-3)14-15-30-23-20-11-13-25(2)24(27)21(20)9-10-22(23)29-4/h6-11,13,16H,5,12,14-15,17H2,1-4H3. The maximum absolute atomic E-state index is 12.5. The first kappa shape index (κ1) is 21.7. The Morgan fingerprint density at radius 3 is 2.57 bits per heavy atom. The highest BCUT2D eigenvalue weighted by Gasteiger charge is 2.14. The van der Waals surface area contributed by atoms with Crippen molar-refractivity contribution in [1.29, 1.82) is 0 Å². The SMILES string of the molecule is CCCN(CCOc1c(OC)ccc2c(=O)n(C)ccc12)Cc1cccc(OC)c1. The summed E-state index contributed by atoms with van der Waals surface area (Å²) >= 11 is 0. The number of ether oxygens (including phenoxy) is 3. The molecule has 1 heterocycles. The molecule has 3 aromatic rings. The third kappa shape index (κ3) is 4.94. The van der Waals surface area contributed by atoms with Gasteiger partial charge in [0.15, 0.2) is 11.5 Å². The Hall–Kier alpha value is -2.99. The third-order valence-electron chi connectivity index (χ3n) is 5.13. The molecule has 6 nitrogen and oxygen atoms in total. The molecule has 0 spiro atoms. The summed E-state index contributed by atoms with van der Waals surface area (Å²) in [6.45, 7) is 5.21. The predicted molar refractivity (Wildman–Crippen MR) is 120 cm³/mol. The molecular weight excluding hydrogens is 380 g/mol. The van der Waals surface area contributed by atoms with Crippen LogP contribution in [0.25, 0.3) is 10.8 Å². The number of hydrogen-bond acceptors (Lipinski definition) is 5. The van der Waals surface area contributed by atoms with E-state index >= 15 is 0 Å². The van der Waals surface area contributed by atoms with Crippen molar-refractivity contribution in [2.24, 2.45) is 7.05 Å². The van der Waals surface area contributed by atoms with Gasteiger partial charge in [-0.2, -0.15) is 0 Å². The normalized spacial score (nSPS) is 11.1. The molecule has 0 amide bonds. The van der Waals surface area contributed by atoms with Crippen molar-refractivity contribution in [1.82, 2.24) is 9.47 Å². The zero-order valence-electron chi connectivity index (χ0n) is 18.2. The molecule has 0 aliphatic heterocycles. The van der Waals surface area contributed by atoms with Crippen molar-refractivity contribution in [2.45, 2.75) is 19.9 Å². The molecular formula is C24H30N2O4. The van der Waals surface area contributed by atoms with E-state index in [0.29, 0.717) is 23.5 Å². The van der Waals surface area contributed by atoms with Crippen molar-refractivity contribution < 1.29 is 14.2 Å². The lowest BCUT2D eigenvalue weighted by Crippen LogP contribution is -2.29. The Labute approximate surface area is 177 Å². The molecule has 6 heteroatoms. The van der Waals surface area contributed by atoms with Gasteiger partial charge in [0, 0.05) is 31.7 Å². The largest absolute Gasteiger partial charge is 0.497 e. The molecule has 2 aromatic carbocycles. The van der Waals surface area contributed by atoms with E-state index in [0.717, 1.165) is 37.2 Å². The Balaban J connectivity index is 1.75. The zero-order valence-corrected chi connectivity index (χ0v) is 18.2. The van der Waals surface area contributed by atoms with Crippen LogP contribution < -0.4 is 19.8 Å². The average Bonchev–Trinajstić information content (AvgIpc) is 2.76. The molecule has 0 unspecified atom stereocenters. The van der Waals surface area contributed by atoms with E-state index in [1.165, 1.54) is 5.56 Å². The fraction of sp³-hybridized carbons (Fsp3) is 0.375. The molecule has 30 heavy (non-hydrogen) atoms. The highest BCUT2D eigenvalue weighted by atomic mass is 16.5. The molecule has 0 N–H and O–H groups in total. The Morgan fingerprint density at radius 1 is 1.00 bits per heavy atom. The van der Waals surface area contributed by atoms with E-state index in [1.54, 1.807) is 44.2 Å². The second kappa shape index (κ2) is 10.2. The van der Waals surface area contributed by atoms with Gasteiger partial charge < -0.3 is 18.8 Å². The fourth-order valence-electron chi connectivity index (χ4n) is 3.58. The van der Waals surface area contributed by atoms with E-state index in [9.17, 15) is 4.79 Å². The van der Waals surface area contributed by atoms with Crippen molar-refractivity contribution >= 4 is 10.8 Å². The molecule has 0 atom stereocenters. The minimum absolute atomic E-state index is 0.0503. The van der Waals surface area contributed by atoms with Crippen LogP contribution in [0, 0.1) is 0 Å². The smallest absolute Gasteiger partial charge is 0.258 e. The summed E-state index contributed by atoms with van der Waals surface area (Å²) in [6, 6.07) is 13.6. The summed E-state index contributed by atoms with van der Waals surface area (Å²) in [5, 5.41) is 1.39. The Morgan fingerprint density at radius 2 is 1.83 bits per heavy atom. The van der Waals surface area contributed by atoms with E-state index < -0.39 is 0 Å². The molecule has 0 bridgehead atoms. The number of pyridine rings is 1. The van der Waals surface area contributed by atoms with Crippen LogP contribution >= 0.6 is 0 Å². The number of aryl methyl sites for hydroxylation is 1. The first-order chi connectivity index (χ1) is 14.6. The van der Waals surface area contributed by atoms with Crippen LogP contribution in [0.15, 0.2) is 53.5 Å². The highest BCUT2D eigenvalue weighted by Crippen LogP contribution is 2.34. The van der Waals surface area contributed by atoms with E-state index in [2.05, 4.69) is 24.0 Å².